The van der Waals surface area contributed by atoms with Gasteiger partial charge in [0.05, 0.1) is 0 Å². The summed E-state index contributed by atoms with van der Waals surface area (Å²) in [7, 11) is 0. The third kappa shape index (κ3) is 4.53. The van der Waals surface area contributed by atoms with Gasteiger partial charge in [-0.3, -0.25) is 14.6 Å². The van der Waals surface area contributed by atoms with Crippen LogP contribution < -0.4 is 0 Å². The Labute approximate surface area is 134 Å². The minimum absolute atomic E-state index is 0.381. The van der Waals surface area contributed by atoms with Crippen LogP contribution >= 0.6 is 15.9 Å². The number of hydrogen-bond donors (Lipinski definition) is 1. The summed E-state index contributed by atoms with van der Waals surface area (Å²) in [5.74, 6) is -0.730. The lowest BCUT2D eigenvalue weighted by Crippen LogP contribution is -2.54. The zero-order chi connectivity index (χ0) is 15.4. The number of rotatable bonds is 5. The molecule has 1 heterocycles. The fourth-order valence-electron chi connectivity index (χ4n) is 2.81. The van der Waals surface area contributed by atoms with Crippen LogP contribution in [-0.4, -0.2) is 59.1 Å². The van der Waals surface area contributed by atoms with Crippen LogP contribution in [0.1, 0.15) is 19.4 Å². The molecule has 1 aromatic carbocycles. The Morgan fingerprint density at radius 2 is 1.67 bits per heavy atom. The SMILES string of the molecule is CC(Cc1ccc(Br)cc1)N1CCN(C(C)C(=O)O)CC1. The molecule has 2 rings (SSSR count). The first-order valence-electron chi connectivity index (χ1n) is 7.42. The maximum atomic E-state index is 11.0. The second-order valence-electron chi connectivity index (χ2n) is 5.77. The van der Waals surface area contributed by atoms with Crippen LogP contribution in [0.25, 0.3) is 0 Å². The third-order valence-corrected chi connectivity index (χ3v) is 4.85. The summed E-state index contributed by atoms with van der Waals surface area (Å²) in [6, 6.07) is 8.57. The van der Waals surface area contributed by atoms with Crippen LogP contribution in [0, 0.1) is 0 Å². The molecule has 0 aromatic heterocycles. The molecule has 0 amide bonds. The van der Waals surface area contributed by atoms with E-state index < -0.39 is 5.97 Å². The number of carbonyl (C=O) groups is 1. The first-order valence-corrected chi connectivity index (χ1v) is 8.22. The van der Waals surface area contributed by atoms with E-state index in [0.717, 1.165) is 37.1 Å². The van der Waals surface area contributed by atoms with Gasteiger partial charge >= 0.3 is 5.97 Å². The Kier molecular flexibility index (Phi) is 5.79. The number of carboxylic acid groups (broad SMARTS) is 1. The molecule has 0 aliphatic carbocycles. The molecule has 1 saturated heterocycles. The Balaban J connectivity index is 1.84. The van der Waals surface area contributed by atoms with E-state index in [0.29, 0.717) is 6.04 Å². The monoisotopic (exact) mass is 354 g/mol. The molecule has 1 fully saturated rings. The van der Waals surface area contributed by atoms with Gasteiger partial charge in [-0.05, 0) is 38.0 Å². The molecular weight excluding hydrogens is 332 g/mol. The van der Waals surface area contributed by atoms with Crippen LogP contribution in [0.15, 0.2) is 28.7 Å². The first-order chi connectivity index (χ1) is 9.97. The molecule has 0 spiro atoms. The van der Waals surface area contributed by atoms with Crippen molar-refractivity contribution in [2.24, 2.45) is 0 Å². The number of benzene rings is 1. The van der Waals surface area contributed by atoms with E-state index in [1.165, 1.54) is 5.56 Å². The van der Waals surface area contributed by atoms with Crippen molar-refractivity contribution in [3.05, 3.63) is 34.3 Å². The van der Waals surface area contributed by atoms with Crippen LogP contribution in [-0.2, 0) is 11.2 Å². The topological polar surface area (TPSA) is 43.8 Å². The molecule has 2 unspecified atom stereocenters. The Morgan fingerprint density at radius 3 is 2.19 bits per heavy atom. The number of piperazine rings is 1. The second kappa shape index (κ2) is 7.38. The lowest BCUT2D eigenvalue weighted by molar-refractivity contribution is -0.143. The number of carboxylic acids is 1. The maximum Gasteiger partial charge on any atom is 0.320 e. The van der Waals surface area contributed by atoms with Crippen molar-refractivity contribution in [1.29, 1.82) is 0 Å². The zero-order valence-electron chi connectivity index (χ0n) is 12.6. The molecular formula is C16H23BrN2O2. The van der Waals surface area contributed by atoms with Gasteiger partial charge in [-0.25, -0.2) is 0 Å². The predicted molar refractivity (Wildman–Crippen MR) is 87.6 cm³/mol. The van der Waals surface area contributed by atoms with Crippen molar-refractivity contribution in [3.8, 4) is 0 Å². The molecule has 21 heavy (non-hydrogen) atoms. The molecule has 0 saturated carbocycles. The highest BCUT2D eigenvalue weighted by Crippen LogP contribution is 2.16. The van der Waals surface area contributed by atoms with E-state index in [1.807, 2.05) is 4.90 Å². The van der Waals surface area contributed by atoms with Crippen LogP contribution in [0.3, 0.4) is 0 Å². The van der Waals surface area contributed by atoms with E-state index in [4.69, 9.17) is 5.11 Å². The van der Waals surface area contributed by atoms with Gasteiger partial charge in [-0.15, -0.1) is 0 Å². The first kappa shape index (κ1) is 16.5. The Hall–Kier alpha value is -0.910. The van der Waals surface area contributed by atoms with Crippen LogP contribution in [0.2, 0.25) is 0 Å². The fourth-order valence-corrected chi connectivity index (χ4v) is 3.08. The van der Waals surface area contributed by atoms with E-state index in [-0.39, 0.29) is 6.04 Å². The van der Waals surface area contributed by atoms with Gasteiger partial charge in [0.15, 0.2) is 0 Å². The Morgan fingerprint density at radius 1 is 1.14 bits per heavy atom. The lowest BCUT2D eigenvalue weighted by Gasteiger charge is -2.39. The van der Waals surface area contributed by atoms with Gasteiger partial charge in [-0.2, -0.15) is 0 Å². The highest BCUT2D eigenvalue weighted by atomic mass is 79.9. The highest BCUT2D eigenvalue weighted by Gasteiger charge is 2.26. The number of aliphatic carboxylic acids is 1. The summed E-state index contributed by atoms with van der Waals surface area (Å²) in [4.78, 5) is 15.5. The second-order valence-corrected chi connectivity index (χ2v) is 6.68. The number of nitrogens with zero attached hydrogens (tertiary/aromatic N) is 2. The van der Waals surface area contributed by atoms with E-state index in [9.17, 15) is 4.79 Å². The van der Waals surface area contributed by atoms with Crippen molar-refractivity contribution in [3.63, 3.8) is 0 Å². The molecule has 1 aliphatic rings. The zero-order valence-corrected chi connectivity index (χ0v) is 14.2. The average Bonchev–Trinajstić information content (AvgIpc) is 2.49. The Bertz CT molecular complexity index is 470. The van der Waals surface area contributed by atoms with Gasteiger partial charge in [-0.1, -0.05) is 28.1 Å². The predicted octanol–water partition coefficient (Wildman–Crippen LogP) is 2.47. The van der Waals surface area contributed by atoms with E-state index >= 15 is 0 Å². The van der Waals surface area contributed by atoms with Crippen molar-refractivity contribution < 1.29 is 9.90 Å². The molecule has 116 valence electrons. The highest BCUT2D eigenvalue weighted by molar-refractivity contribution is 9.10. The van der Waals surface area contributed by atoms with E-state index in [1.54, 1.807) is 6.92 Å². The maximum absolute atomic E-state index is 11.0. The lowest BCUT2D eigenvalue weighted by atomic mass is 10.1. The quantitative estimate of drug-likeness (QED) is 0.881. The summed E-state index contributed by atoms with van der Waals surface area (Å²) >= 11 is 3.46. The fraction of sp³-hybridized carbons (Fsp3) is 0.562. The molecule has 4 nitrogen and oxygen atoms in total. The van der Waals surface area contributed by atoms with Gasteiger partial charge in [0.25, 0.3) is 0 Å². The molecule has 1 aromatic rings. The smallest absolute Gasteiger partial charge is 0.320 e. The average molecular weight is 355 g/mol. The summed E-state index contributed by atoms with van der Waals surface area (Å²) in [5.41, 5.74) is 1.34. The van der Waals surface area contributed by atoms with Crippen molar-refractivity contribution >= 4 is 21.9 Å². The summed E-state index contributed by atoms with van der Waals surface area (Å²) in [5, 5.41) is 9.07. The number of hydrogen-bond acceptors (Lipinski definition) is 3. The molecule has 0 radical (unpaired) electrons. The minimum atomic E-state index is -0.730. The molecule has 2 atom stereocenters. The molecule has 5 heteroatoms. The van der Waals surface area contributed by atoms with E-state index in [2.05, 4.69) is 52.0 Å². The molecule has 1 aliphatic heterocycles. The normalized spacial score (nSPS) is 20.1. The molecule has 0 bridgehead atoms. The standard InChI is InChI=1S/C16H23BrN2O2/c1-12(11-14-3-5-15(17)6-4-14)18-7-9-19(10-8-18)13(2)16(20)21/h3-6,12-13H,7-11H2,1-2H3,(H,20,21). The largest absolute Gasteiger partial charge is 0.480 e. The van der Waals surface area contributed by atoms with Crippen molar-refractivity contribution in [2.45, 2.75) is 32.4 Å². The van der Waals surface area contributed by atoms with Crippen LogP contribution in [0.5, 0.6) is 0 Å². The summed E-state index contributed by atoms with van der Waals surface area (Å²) < 4.78 is 1.11. The summed E-state index contributed by atoms with van der Waals surface area (Å²) in [6.07, 6.45) is 1.03. The van der Waals surface area contributed by atoms with Gasteiger partial charge in [0.1, 0.15) is 6.04 Å². The van der Waals surface area contributed by atoms with Gasteiger partial charge in [0, 0.05) is 36.7 Å². The summed E-state index contributed by atoms with van der Waals surface area (Å²) in [6.45, 7) is 7.56. The van der Waals surface area contributed by atoms with Crippen molar-refractivity contribution in [1.82, 2.24) is 9.80 Å². The van der Waals surface area contributed by atoms with Gasteiger partial charge < -0.3 is 5.11 Å². The molecule has 1 N–H and O–H groups in total. The van der Waals surface area contributed by atoms with Crippen LogP contribution in [0.4, 0.5) is 0 Å². The third-order valence-electron chi connectivity index (χ3n) is 4.32. The van der Waals surface area contributed by atoms with Gasteiger partial charge in [0.2, 0.25) is 0 Å². The minimum Gasteiger partial charge on any atom is -0.480 e. The number of halogens is 1. The van der Waals surface area contributed by atoms with Crippen molar-refractivity contribution in [2.75, 3.05) is 26.2 Å².